The van der Waals surface area contributed by atoms with Gasteiger partial charge in [0.15, 0.2) is 6.10 Å². The van der Waals surface area contributed by atoms with Crippen LogP contribution in [0.15, 0.2) is 85.1 Å². The summed E-state index contributed by atoms with van der Waals surface area (Å²) >= 11 is 0. The fourth-order valence-corrected chi connectivity index (χ4v) is 4.70. The van der Waals surface area contributed by atoms with Gasteiger partial charge in [-0.05, 0) is 77.0 Å². The summed E-state index contributed by atoms with van der Waals surface area (Å²) in [7, 11) is -4.78. The number of hydrogen-bond acceptors (Lipinski definition) is 7. The molecule has 0 aliphatic heterocycles. The lowest BCUT2D eigenvalue weighted by molar-refractivity contribution is -0.161. The van der Waals surface area contributed by atoms with E-state index >= 15 is 0 Å². The van der Waals surface area contributed by atoms with Gasteiger partial charge in [-0.3, -0.25) is 14.1 Å². The van der Waals surface area contributed by atoms with Gasteiger partial charge in [0, 0.05) is 12.8 Å². The maximum absolute atomic E-state index is 12.3. The number of hydrogen-bond donors (Lipinski definition) is 3. The van der Waals surface area contributed by atoms with Crippen molar-refractivity contribution in [2.45, 2.75) is 135 Å². The maximum atomic E-state index is 12.3. The van der Waals surface area contributed by atoms with Crippen LogP contribution in [0.4, 0.5) is 0 Å². The number of aliphatic hydroxyl groups excluding tert-OH is 1. The van der Waals surface area contributed by atoms with Crippen molar-refractivity contribution in [2.24, 2.45) is 0 Å². The number of phosphoric acid groups is 1. The summed E-state index contributed by atoms with van der Waals surface area (Å²) < 4.78 is 26.2. The highest BCUT2D eigenvalue weighted by Gasteiger charge is 2.22. The normalized spacial score (nSPS) is 14.1. The molecule has 0 fully saturated rings. The number of ether oxygens (including phenoxy) is 2. The Bertz CT molecular complexity index is 1080. The Hall–Kier alpha value is -2.81. The zero-order valence-corrected chi connectivity index (χ0v) is 30.8. The molecule has 0 aliphatic rings. The second-order valence-corrected chi connectivity index (χ2v) is 12.9. The zero-order chi connectivity index (χ0) is 36.3. The van der Waals surface area contributed by atoms with Gasteiger partial charge in [0.1, 0.15) is 6.61 Å². The van der Waals surface area contributed by atoms with Crippen LogP contribution in [0.25, 0.3) is 0 Å². The third-order valence-corrected chi connectivity index (χ3v) is 7.47. The number of carbonyl (C=O) groups excluding carboxylic acids is 2. The summed E-state index contributed by atoms with van der Waals surface area (Å²) in [4.78, 5) is 42.6. The Morgan fingerprint density at radius 3 is 1.84 bits per heavy atom. The quantitative estimate of drug-likeness (QED) is 0.0211. The number of esters is 2. The summed E-state index contributed by atoms with van der Waals surface area (Å²) in [5, 5.41) is 9.82. The van der Waals surface area contributed by atoms with Crippen molar-refractivity contribution < 1.29 is 43.0 Å². The summed E-state index contributed by atoms with van der Waals surface area (Å²) in [6, 6.07) is 0. The molecular weight excluding hydrogens is 643 g/mol. The predicted molar refractivity (Wildman–Crippen MR) is 199 cm³/mol. The highest BCUT2D eigenvalue weighted by molar-refractivity contribution is 7.46. The van der Waals surface area contributed by atoms with Gasteiger partial charge in [-0.15, -0.1) is 0 Å². The number of unbranched alkanes of at least 4 members (excludes halogenated alkanes) is 7. The van der Waals surface area contributed by atoms with Crippen LogP contribution in [-0.2, 0) is 28.2 Å². The average Bonchev–Trinajstić information content (AvgIpc) is 3.06. The Morgan fingerprint density at radius 1 is 0.633 bits per heavy atom. The van der Waals surface area contributed by atoms with E-state index in [4.69, 9.17) is 19.3 Å². The summed E-state index contributed by atoms with van der Waals surface area (Å²) in [5.74, 6) is -0.999. The lowest BCUT2D eigenvalue weighted by Gasteiger charge is -2.18. The zero-order valence-electron chi connectivity index (χ0n) is 29.9. The molecule has 0 saturated heterocycles. The van der Waals surface area contributed by atoms with Crippen molar-refractivity contribution in [3.63, 3.8) is 0 Å². The minimum atomic E-state index is -4.78. The molecule has 0 aromatic heterocycles. The van der Waals surface area contributed by atoms with Crippen LogP contribution in [0, 0.1) is 0 Å². The highest BCUT2D eigenvalue weighted by atomic mass is 31.2. The molecule has 0 saturated carbocycles. The van der Waals surface area contributed by atoms with E-state index in [2.05, 4.69) is 73.1 Å². The fraction of sp³-hybridized carbons (Fsp3) is 0.590. The van der Waals surface area contributed by atoms with Crippen molar-refractivity contribution >= 4 is 19.8 Å². The topological polar surface area (TPSA) is 140 Å². The molecular formula is C39H63O9P. The van der Waals surface area contributed by atoms with Crippen LogP contribution in [0.3, 0.4) is 0 Å². The highest BCUT2D eigenvalue weighted by Crippen LogP contribution is 2.35. The van der Waals surface area contributed by atoms with Crippen LogP contribution < -0.4 is 0 Å². The minimum Gasteiger partial charge on any atom is -0.462 e. The lowest BCUT2D eigenvalue weighted by atomic mass is 10.1. The van der Waals surface area contributed by atoms with Crippen LogP contribution in [0.2, 0.25) is 0 Å². The van der Waals surface area contributed by atoms with E-state index in [1.807, 2.05) is 24.3 Å². The van der Waals surface area contributed by atoms with Crippen LogP contribution in [-0.4, -0.2) is 52.3 Å². The SMILES string of the molecule is CC/C=C\C/C=C\C/C=C\C/C=C\CCCCC(=O)OC[C@H](COP(=O)(O)O)OC(=O)CCCCCCC/C=C/C=C/C(O)C/C=C/CC. The van der Waals surface area contributed by atoms with Crippen LogP contribution >= 0.6 is 7.82 Å². The first-order chi connectivity index (χ1) is 23.7. The van der Waals surface area contributed by atoms with Gasteiger partial charge in [-0.1, -0.05) is 118 Å². The predicted octanol–water partition coefficient (Wildman–Crippen LogP) is 9.48. The molecule has 2 atom stereocenters. The molecule has 1 unspecified atom stereocenters. The fourth-order valence-electron chi connectivity index (χ4n) is 4.34. The Labute approximate surface area is 295 Å². The van der Waals surface area contributed by atoms with E-state index < -0.39 is 38.6 Å². The van der Waals surface area contributed by atoms with Gasteiger partial charge in [0.05, 0.1) is 12.7 Å². The van der Waals surface area contributed by atoms with E-state index in [1.54, 1.807) is 6.08 Å². The molecule has 0 heterocycles. The third-order valence-electron chi connectivity index (χ3n) is 6.99. The van der Waals surface area contributed by atoms with Gasteiger partial charge in [0.25, 0.3) is 0 Å². The van der Waals surface area contributed by atoms with Gasteiger partial charge in [-0.25, -0.2) is 4.57 Å². The van der Waals surface area contributed by atoms with Crippen LogP contribution in [0.1, 0.15) is 123 Å². The van der Waals surface area contributed by atoms with E-state index in [0.717, 1.165) is 77.0 Å². The molecule has 278 valence electrons. The molecule has 0 rings (SSSR count). The molecule has 0 aromatic carbocycles. The largest absolute Gasteiger partial charge is 0.469 e. The summed E-state index contributed by atoms with van der Waals surface area (Å²) in [6.45, 7) is 3.27. The van der Waals surface area contributed by atoms with Gasteiger partial charge in [-0.2, -0.15) is 0 Å². The molecule has 0 aromatic rings. The Kier molecular flexibility index (Phi) is 31.7. The standard InChI is InChI=1S/C39H63O9P/c1-3-5-7-8-9-10-11-12-13-14-15-18-21-24-28-32-38(41)46-34-37(35-47-49(43,44)45)48-39(42)33-29-25-22-19-16-17-20-23-27-31-36(40)30-26-6-4-2/h5-7,9-10,12-13,15,18,20,23,26-27,31,36-37,40H,3-4,8,11,14,16-17,19,21-22,24-25,28-30,32-35H2,1-2H3,(H2,43,44,45)/b7-5-,10-9-,13-12-,18-15-,23-20+,26-6+,31-27+/t36?,37-/m1/s1. The average molecular weight is 707 g/mol. The summed E-state index contributed by atoms with van der Waals surface area (Å²) in [5.41, 5.74) is 0. The van der Waals surface area contributed by atoms with Crippen molar-refractivity contribution in [3.8, 4) is 0 Å². The molecule has 0 radical (unpaired) electrons. The minimum absolute atomic E-state index is 0.151. The van der Waals surface area contributed by atoms with Crippen molar-refractivity contribution in [3.05, 3.63) is 85.1 Å². The van der Waals surface area contributed by atoms with E-state index in [9.17, 15) is 19.3 Å². The van der Waals surface area contributed by atoms with Gasteiger partial charge in [0.2, 0.25) is 0 Å². The first-order valence-corrected chi connectivity index (χ1v) is 19.5. The second-order valence-electron chi connectivity index (χ2n) is 11.6. The molecule has 10 heteroatoms. The van der Waals surface area contributed by atoms with Crippen LogP contribution in [0.5, 0.6) is 0 Å². The molecule has 9 nitrogen and oxygen atoms in total. The Morgan fingerprint density at radius 2 is 1.16 bits per heavy atom. The molecule has 0 bridgehead atoms. The lowest BCUT2D eigenvalue weighted by Crippen LogP contribution is -2.29. The molecule has 0 aliphatic carbocycles. The number of rotatable bonds is 31. The third kappa shape index (κ3) is 36.3. The molecule has 3 N–H and O–H groups in total. The van der Waals surface area contributed by atoms with Crippen molar-refractivity contribution in [1.29, 1.82) is 0 Å². The van der Waals surface area contributed by atoms with Crippen molar-refractivity contribution in [2.75, 3.05) is 13.2 Å². The second kappa shape index (κ2) is 33.7. The number of allylic oxidation sites excluding steroid dienone is 12. The van der Waals surface area contributed by atoms with Crippen molar-refractivity contribution in [1.82, 2.24) is 0 Å². The smallest absolute Gasteiger partial charge is 0.462 e. The van der Waals surface area contributed by atoms with E-state index in [0.29, 0.717) is 19.3 Å². The Balaban J connectivity index is 4.16. The number of carbonyl (C=O) groups is 2. The first-order valence-electron chi connectivity index (χ1n) is 18.0. The number of aliphatic hydroxyl groups is 1. The molecule has 0 spiro atoms. The summed E-state index contributed by atoms with van der Waals surface area (Å²) in [6.07, 6.45) is 40.7. The van der Waals surface area contributed by atoms with Gasteiger partial charge < -0.3 is 24.4 Å². The number of phosphoric ester groups is 1. The molecule has 49 heavy (non-hydrogen) atoms. The molecule has 0 amide bonds. The maximum Gasteiger partial charge on any atom is 0.469 e. The van der Waals surface area contributed by atoms with E-state index in [1.165, 1.54) is 0 Å². The monoisotopic (exact) mass is 706 g/mol. The van der Waals surface area contributed by atoms with E-state index in [-0.39, 0.29) is 19.4 Å². The van der Waals surface area contributed by atoms with Gasteiger partial charge >= 0.3 is 19.8 Å². The first kappa shape index (κ1) is 46.2.